The van der Waals surface area contributed by atoms with E-state index in [9.17, 15) is 8.42 Å². The third-order valence-corrected chi connectivity index (χ3v) is 6.04. The van der Waals surface area contributed by atoms with Crippen molar-refractivity contribution < 1.29 is 8.42 Å². The fourth-order valence-electron chi connectivity index (χ4n) is 2.01. The van der Waals surface area contributed by atoms with E-state index in [1.54, 1.807) is 32.0 Å². The maximum absolute atomic E-state index is 12.3. The lowest BCUT2D eigenvalue weighted by atomic mass is 10.1. The smallest absolute Gasteiger partial charge is 0.216 e. The van der Waals surface area contributed by atoms with Gasteiger partial charge in [0.2, 0.25) is 10.0 Å². The molecule has 1 aliphatic carbocycles. The maximum Gasteiger partial charge on any atom is 0.216 e. The molecule has 1 aromatic carbocycles. The number of halogens is 2. The highest BCUT2D eigenvalue weighted by Crippen LogP contribution is 2.27. The Morgan fingerprint density at radius 3 is 2.52 bits per heavy atom. The van der Waals surface area contributed by atoms with E-state index in [4.69, 9.17) is 23.2 Å². The molecular formula is C14H20Cl2N2O2S. The molecule has 0 aromatic heterocycles. The van der Waals surface area contributed by atoms with Crippen molar-refractivity contribution in [2.75, 3.05) is 6.54 Å². The quantitative estimate of drug-likeness (QED) is 0.794. The van der Waals surface area contributed by atoms with E-state index in [0.717, 1.165) is 12.8 Å². The second-order valence-corrected chi connectivity index (χ2v) is 8.52. The molecule has 1 aliphatic rings. The van der Waals surface area contributed by atoms with Crippen LogP contribution in [0.4, 0.5) is 0 Å². The van der Waals surface area contributed by atoms with Gasteiger partial charge in [0.05, 0.1) is 5.25 Å². The van der Waals surface area contributed by atoms with Gasteiger partial charge in [0.1, 0.15) is 0 Å². The molecule has 1 fully saturated rings. The van der Waals surface area contributed by atoms with Crippen LogP contribution in [0.2, 0.25) is 10.0 Å². The Hall–Kier alpha value is -0.330. The lowest BCUT2D eigenvalue weighted by molar-refractivity contribution is 0.544. The first kappa shape index (κ1) is 17.0. The largest absolute Gasteiger partial charge is 0.313 e. The highest BCUT2D eigenvalue weighted by atomic mass is 35.5. The summed E-state index contributed by atoms with van der Waals surface area (Å²) in [6.45, 7) is 3.93. The van der Waals surface area contributed by atoms with E-state index in [0.29, 0.717) is 28.2 Å². The lowest BCUT2D eigenvalue weighted by Gasteiger charge is -2.20. The Balaban J connectivity index is 2.00. The minimum atomic E-state index is -3.41. The molecule has 21 heavy (non-hydrogen) atoms. The molecule has 0 amide bonds. The molecule has 0 heterocycles. The summed E-state index contributed by atoms with van der Waals surface area (Å²) >= 11 is 12.0. The van der Waals surface area contributed by atoms with Crippen LogP contribution >= 0.6 is 23.2 Å². The average Bonchev–Trinajstić information content (AvgIpc) is 3.18. The lowest BCUT2D eigenvalue weighted by Crippen LogP contribution is -2.40. The predicted molar refractivity (Wildman–Crippen MR) is 87.4 cm³/mol. The van der Waals surface area contributed by atoms with Crippen LogP contribution in [0, 0.1) is 0 Å². The summed E-state index contributed by atoms with van der Waals surface area (Å²) in [7, 11) is -3.41. The van der Waals surface area contributed by atoms with E-state index in [-0.39, 0.29) is 0 Å². The van der Waals surface area contributed by atoms with Crippen molar-refractivity contribution in [2.24, 2.45) is 0 Å². The fraction of sp³-hybridized carbons (Fsp3) is 0.571. The van der Waals surface area contributed by atoms with E-state index in [1.165, 1.54) is 0 Å². The van der Waals surface area contributed by atoms with Crippen molar-refractivity contribution in [1.82, 2.24) is 10.0 Å². The highest BCUT2D eigenvalue weighted by molar-refractivity contribution is 7.90. The summed E-state index contributed by atoms with van der Waals surface area (Å²) in [6.07, 6.45) is 2.27. The van der Waals surface area contributed by atoms with Crippen LogP contribution in [0.15, 0.2) is 18.2 Å². The maximum atomic E-state index is 12.3. The van der Waals surface area contributed by atoms with Gasteiger partial charge in [0.25, 0.3) is 0 Å². The molecule has 2 atom stereocenters. The van der Waals surface area contributed by atoms with Crippen LogP contribution in [0.1, 0.15) is 38.3 Å². The second kappa shape index (κ2) is 6.84. The van der Waals surface area contributed by atoms with Gasteiger partial charge in [-0.05, 0) is 44.4 Å². The molecule has 2 unspecified atom stereocenters. The molecule has 2 N–H and O–H groups in total. The molecular weight excluding hydrogens is 331 g/mol. The fourth-order valence-corrected chi connectivity index (χ4v) is 3.75. The van der Waals surface area contributed by atoms with Crippen LogP contribution < -0.4 is 10.0 Å². The van der Waals surface area contributed by atoms with Gasteiger partial charge in [-0.1, -0.05) is 29.3 Å². The summed E-state index contributed by atoms with van der Waals surface area (Å²) in [5.41, 5.74) is 0.715. The number of sulfonamides is 1. The van der Waals surface area contributed by atoms with Crippen molar-refractivity contribution in [3.63, 3.8) is 0 Å². The predicted octanol–water partition coefficient (Wildman–Crippen LogP) is 3.11. The third kappa shape index (κ3) is 4.83. The molecule has 0 spiro atoms. The monoisotopic (exact) mass is 350 g/mol. The Morgan fingerprint density at radius 1 is 1.29 bits per heavy atom. The topological polar surface area (TPSA) is 58.2 Å². The summed E-state index contributed by atoms with van der Waals surface area (Å²) in [6, 6.07) is 5.15. The molecule has 0 bridgehead atoms. The molecule has 118 valence electrons. The average molecular weight is 351 g/mol. The molecule has 0 radical (unpaired) electrons. The third-order valence-electron chi connectivity index (χ3n) is 3.57. The van der Waals surface area contributed by atoms with Crippen molar-refractivity contribution in [1.29, 1.82) is 0 Å². The van der Waals surface area contributed by atoms with E-state index in [2.05, 4.69) is 10.0 Å². The first-order valence-corrected chi connectivity index (χ1v) is 9.29. The molecule has 7 heteroatoms. The van der Waals surface area contributed by atoms with Crippen LogP contribution in [0.25, 0.3) is 0 Å². The van der Waals surface area contributed by atoms with Crippen molar-refractivity contribution >= 4 is 33.2 Å². The van der Waals surface area contributed by atoms with Gasteiger partial charge in [-0.25, -0.2) is 13.1 Å². The zero-order valence-electron chi connectivity index (χ0n) is 12.1. The van der Waals surface area contributed by atoms with E-state index >= 15 is 0 Å². The Labute approximate surface area is 136 Å². The normalized spacial score (nSPS) is 18.5. The minimum Gasteiger partial charge on any atom is -0.313 e. The van der Waals surface area contributed by atoms with Crippen LogP contribution in [-0.4, -0.2) is 26.3 Å². The van der Waals surface area contributed by atoms with Gasteiger partial charge < -0.3 is 5.32 Å². The van der Waals surface area contributed by atoms with Crippen molar-refractivity contribution in [2.45, 2.75) is 44.0 Å². The van der Waals surface area contributed by atoms with Crippen LogP contribution in [0.3, 0.4) is 0 Å². The zero-order valence-corrected chi connectivity index (χ0v) is 14.4. The molecule has 1 saturated carbocycles. The number of hydrogen-bond donors (Lipinski definition) is 2. The minimum absolute atomic E-state index is 0.400. The summed E-state index contributed by atoms with van der Waals surface area (Å²) in [4.78, 5) is 0. The van der Waals surface area contributed by atoms with Crippen molar-refractivity contribution in [3.8, 4) is 0 Å². The van der Waals surface area contributed by atoms with Crippen LogP contribution in [0.5, 0.6) is 0 Å². The number of hydrogen-bond acceptors (Lipinski definition) is 3. The van der Waals surface area contributed by atoms with E-state index < -0.39 is 21.3 Å². The first-order valence-electron chi connectivity index (χ1n) is 6.99. The Kier molecular flexibility index (Phi) is 5.54. The van der Waals surface area contributed by atoms with Gasteiger partial charge in [-0.15, -0.1) is 0 Å². The SMILES string of the molecule is CC(NS(=O)(=O)C(C)CNC1CC1)c1ccc(Cl)cc1Cl. The molecule has 4 nitrogen and oxygen atoms in total. The van der Waals surface area contributed by atoms with Gasteiger partial charge >= 0.3 is 0 Å². The Morgan fingerprint density at radius 2 is 1.95 bits per heavy atom. The molecule has 2 rings (SSSR count). The van der Waals surface area contributed by atoms with Crippen molar-refractivity contribution in [3.05, 3.63) is 33.8 Å². The number of rotatable bonds is 7. The Bertz CT molecular complexity index is 603. The summed E-state index contributed by atoms with van der Waals surface area (Å²) in [5, 5.41) is 3.73. The van der Waals surface area contributed by atoms with Gasteiger partial charge in [0.15, 0.2) is 0 Å². The second-order valence-electron chi connectivity index (χ2n) is 5.54. The highest BCUT2D eigenvalue weighted by Gasteiger charge is 2.27. The van der Waals surface area contributed by atoms with E-state index in [1.807, 2.05) is 0 Å². The molecule has 1 aromatic rings. The summed E-state index contributed by atoms with van der Waals surface area (Å²) in [5.74, 6) is 0. The first-order chi connectivity index (χ1) is 9.79. The molecule has 0 saturated heterocycles. The standard InChI is InChI=1S/C14H20Cl2N2O2S/c1-9(8-17-12-4-5-12)21(19,20)18-10(2)13-6-3-11(15)7-14(13)16/h3,6-7,9-10,12,17-18H,4-5,8H2,1-2H3. The number of benzene rings is 1. The molecule has 0 aliphatic heterocycles. The van der Waals surface area contributed by atoms with Gasteiger partial charge in [0, 0.05) is 28.7 Å². The van der Waals surface area contributed by atoms with Crippen LogP contribution in [-0.2, 0) is 10.0 Å². The van der Waals surface area contributed by atoms with Gasteiger partial charge in [-0.3, -0.25) is 0 Å². The summed E-state index contributed by atoms with van der Waals surface area (Å²) < 4.78 is 27.3. The van der Waals surface area contributed by atoms with Gasteiger partial charge in [-0.2, -0.15) is 0 Å². The number of nitrogens with one attached hydrogen (secondary N) is 2. The zero-order chi connectivity index (χ0) is 15.6.